The highest BCUT2D eigenvalue weighted by atomic mass is 32.2. The predicted molar refractivity (Wildman–Crippen MR) is 64.0 cm³/mol. The summed E-state index contributed by atoms with van der Waals surface area (Å²) in [5, 5.41) is 7.19. The largest absolute Gasteiger partial charge is 0.314 e. The molecule has 6 nitrogen and oxygen atoms in total. The fourth-order valence-electron chi connectivity index (χ4n) is 1.99. The molecule has 1 unspecified atom stereocenters. The lowest BCUT2D eigenvalue weighted by Gasteiger charge is -2.10. The van der Waals surface area contributed by atoms with Crippen molar-refractivity contribution in [1.29, 1.82) is 0 Å². The van der Waals surface area contributed by atoms with Crippen LogP contribution in [0.5, 0.6) is 0 Å². The topological polar surface area (TPSA) is 76.0 Å². The highest BCUT2D eigenvalue weighted by Crippen LogP contribution is 2.09. The molecule has 0 amide bonds. The Kier molecular flexibility index (Phi) is 3.80. The minimum atomic E-state index is -3.39. The molecule has 96 valence electrons. The second-order valence-corrected chi connectivity index (χ2v) is 6.10. The second kappa shape index (κ2) is 5.16. The van der Waals surface area contributed by atoms with E-state index in [1.54, 1.807) is 7.05 Å². The maximum atomic E-state index is 11.8. The lowest BCUT2D eigenvalue weighted by Crippen LogP contribution is -2.30. The zero-order chi connectivity index (χ0) is 12.3. The summed E-state index contributed by atoms with van der Waals surface area (Å²) in [6, 6.07) is 0.451. The van der Waals surface area contributed by atoms with E-state index in [0.717, 1.165) is 19.4 Å². The van der Waals surface area contributed by atoms with Gasteiger partial charge in [-0.05, 0) is 25.8 Å². The first kappa shape index (κ1) is 12.5. The first-order valence-corrected chi connectivity index (χ1v) is 7.28. The number of rotatable bonds is 5. The van der Waals surface area contributed by atoms with Crippen LogP contribution < -0.4 is 10.0 Å². The summed E-state index contributed by atoms with van der Waals surface area (Å²) in [5.41, 5.74) is 0. The van der Waals surface area contributed by atoms with Crippen molar-refractivity contribution in [3.8, 4) is 0 Å². The Morgan fingerprint density at radius 1 is 1.65 bits per heavy atom. The van der Waals surface area contributed by atoms with E-state index in [1.165, 1.54) is 23.5 Å². The van der Waals surface area contributed by atoms with Crippen molar-refractivity contribution in [2.24, 2.45) is 7.05 Å². The van der Waals surface area contributed by atoms with Crippen LogP contribution in [0.3, 0.4) is 0 Å². The molecule has 2 heterocycles. The number of sulfonamides is 1. The van der Waals surface area contributed by atoms with Gasteiger partial charge in [-0.15, -0.1) is 0 Å². The Bertz CT molecular complexity index is 462. The van der Waals surface area contributed by atoms with Gasteiger partial charge in [0.15, 0.2) is 0 Å². The molecule has 1 aliphatic heterocycles. The van der Waals surface area contributed by atoms with Gasteiger partial charge in [0, 0.05) is 25.8 Å². The lowest BCUT2D eigenvalue weighted by molar-refractivity contribution is 0.539. The molecular weight excluding hydrogens is 240 g/mol. The molecule has 1 aromatic heterocycles. The summed E-state index contributed by atoms with van der Waals surface area (Å²) in [6.07, 6.45) is 6.00. The van der Waals surface area contributed by atoms with Gasteiger partial charge in [0.25, 0.3) is 0 Å². The van der Waals surface area contributed by atoms with Gasteiger partial charge in [-0.1, -0.05) is 0 Å². The maximum Gasteiger partial charge on any atom is 0.243 e. The third-order valence-electron chi connectivity index (χ3n) is 2.94. The van der Waals surface area contributed by atoms with Gasteiger partial charge in [-0.3, -0.25) is 4.68 Å². The monoisotopic (exact) mass is 258 g/mol. The fraction of sp³-hybridized carbons (Fsp3) is 0.700. The third kappa shape index (κ3) is 3.27. The van der Waals surface area contributed by atoms with E-state index in [2.05, 4.69) is 15.1 Å². The molecule has 0 bridgehead atoms. The van der Waals surface area contributed by atoms with Crippen LogP contribution in [0, 0.1) is 0 Å². The molecule has 1 saturated heterocycles. The molecule has 1 atom stereocenters. The molecule has 0 aromatic carbocycles. The van der Waals surface area contributed by atoms with Crippen molar-refractivity contribution in [1.82, 2.24) is 19.8 Å². The van der Waals surface area contributed by atoms with Gasteiger partial charge in [-0.25, -0.2) is 13.1 Å². The average molecular weight is 258 g/mol. The quantitative estimate of drug-likeness (QED) is 0.769. The molecular formula is C10H18N4O2S. The van der Waals surface area contributed by atoms with Crippen LogP contribution in [0.2, 0.25) is 0 Å². The Balaban J connectivity index is 1.85. The molecule has 1 fully saturated rings. The summed E-state index contributed by atoms with van der Waals surface area (Å²) in [5.74, 6) is 0. The zero-order valence-corrected chi connectivity index (χ0v) is 10.7. The van der Waals surface area contributed by atoms with Crippen molar-refractivity contribution in [2.45, 2.75) is 30.2 Å². The van der Waals surface area contributed by atoms with Gasteiger partial charge < -0.3 is 5.32 Å². The summed E-state index contributed by atoms with van der Waals surface area (Å²) in [7, 11) is -1.70. The second-order valence-electron chi connectivity index (χ2n) is 4.33. The van der Waals surface area contributed by atoms with E-state index in [9.17, 15) is 8.42 Å². The van der Waals surface area contributed by atoms with E-state index in [0.29, 0.717) is 12.6 Å². The Hall–Kier alpha value is -0.920. The number of nitrogens with zero attached hydrogens (tertiary/aromatic N) is 2. The smallest absolute Gasteiger partial charge is 0.243 e. The van der Waals surface area contributed by atoms with E-state index in [4.69, 9.17) is 0 Å². The minimum absolute atomic E-state index is 0.222. The van der Waals surface area contributed by atoms with Gasteiger partial charge in [-0.2, -0.15) is 5.10 Å². The van der Waals surface area contributed by atoms with E-state index < -0.39 is 10.0 Å². The third-order valence-corrected chi connectivity index (χ3v) is 4.35. The molecule has 7 heteroatoms. The molecule has 0 spiro atoms. The van der Waals surface area contributed by atoms with Crippen LogP contribution in [0.4, 0.5) is 0 Å². The van der Waals surface area contributed by atoms with Crippen molar-refractivity contribution < 1.29 is 8.42 Å². The van der Waals surface area contributed by atoms with Crippen LogP contribution in [0.1, 0.15) is 19.3 Å². The molecule has 0 radical (unpaired) electrons. The van der Waals surface area contributed by atoms with Gasteiger partial charge in [0.2, 0.25) is 10.0 Å². The van der Waals surface area contributed by atoms with Gasteiger partial charge >= 0.3 is 0 Å². The molecule has 0 saturated carbocycles. The highest BCUT2D eigenvalue weighted by Gasteiger charge is 2.18. The van der Waals surface area contributed by atoms with Crippen molar-refractivity contribution in [2.75, 3.05) is 13.1 Å². The lowest BCUT2D eigenvalue weighted by atomic mass is 10.2. The zero-order valence-electron chi connectivity index (χ0n) is 9.89. The molecule has 2 N–H and O–H groups in total. The molecule has 0 aliphatic carbocycles. The summed E-state index contributed by atoms with van der Waals surface area (Å²) >= 11 is 0. The number of aromatic nitrogens is 2. The highest BCUT2D eigenvalue weighted by molar-refractivity contribution is 7.89. The number of nitrogens with one attached hydrogen (secondary N) is 2. The average Bonchev–Trinajstić information content (AvgIpc) is 2.89. The Labute approximate surface area is 101 Å². The minimum Gasteiger partial charge on any atom is -0.314 e. The van der Waals surface area contributed by atoms with Crippen molar-refractivity contribution in [3.63, 3.8) is 0 Å². The Morgan fingerprint density at radius 3 is 3.06 bits per heavy atom. The van der Waals surface area contributed by atoms with E-state index in [1.807, 2.05) is 0 Å². The van der Waals surface area contributed by atoms with Gasteiger partial charge in [0.1, 0.15) is 4.90 Å². The number of hydrogen-bond donors (Lipinski definition) is 2. The van der Waals surface area contributed by atoms with Crippen LogP contribution in [-0.4, -0.2) is 37.3 Å². The number of hydrogen-bond acceptors (Lipinski definition) is 4. The van der Waals surface area contributed by atoms with Crippen LogP contribution in [0.25, 0.3) is 0 Å². The summed E-state index contributed by atoms with van der Waals surface area (Å²) in [4.78, 5) is 0.222. The van der Waals surface area contributed by atoms with Crippen LogP contribution in [0.15, 0.2) is 17.3 Å². The van der Waals surface area contributed by atoms with Crippen molar-refractivity contribution >= 4 is 10.0 Å². The molecule has 1 aromatic rings. The van der Waals surface area contributed by atoms with Crippen LogP contribution >= 0.6 is 0 Å². The Morgan fingerprint density at radius 2 is 2.47 bits per heavy atom. The summed E-state index contributed by atoms with van der Waals surface area (Å²) < 4.78 is 27.7. The fourth-order valence-corrected chi connectivity index (χ4v) is 3.02. The standard InChI is InChI=1S/C10H18N4O2S/c1-14-8-10(7-12-14)17(15,16)13-6-4-9-3-2-5-11-9/h7-9,11,13H,2-6H2,1H3. The molecule has 17 heavy (non-hydrogen) atoms. The predicted octanol–water partition coefficient (Wildman–Crippen LogP) is -0.159. The SMILES string of the molecule is Cn1cc(S(=O)(=O)NCCC2CCCN2)cn1. The van der Waals surface area contributed by atoms with E-state index >= 15 is 0 Å². The number of aryl methyl sites for hydroxylation is 1. The normalized spacial score (nSPS) is 20.9. The maximum absolute atomic E-state index is 11.8. The first-order chi connectivity index (χ1) is 8.08. The van der Waals surface area contributed by atoms with E-state index in [-0.39, 0.29) is 4.90 Å². The molecule has 2 rings (SSSR count). The first-order valence-electron chi connectivity index (χ1n) is 5.79. The molecule has 1 aliphatic rings. The van der Waals surface area contributed by atoms with Crippen molar-refractivity contribution in [3.05, 3.63) is 12.4 Å². The summed E-state index contributed by atoms with van der Waals surface area (Å²) in [6.45, 7) is 1.51. The van der Waals surface area contributed by atoms with Crippen LogP contribution in [-0.2, 0) is 17.1 Å². The van der Waals surface area contributed by atoms with Gasteiger partial charge in [0.05, 0.1) is 6.20 Å².